The molecule has 4 nitrogen and oxygen atoms in total. The van der Waals surface area contributed by atoms with Crippen LogP contribution in [0.3, 0.4) is 0 Å². The van der Waals surface area contributed by atoms with Gasteiger partial charge in [-0.25, -0.2) is 4.98 Å². The molecular formula is C15H21ClN4. The lowest BCUT2D eigenvalue weighted by Crippen LogP contribution is -2.15. The minimum atomic E-state index is 0.604. The zero-order valence-electron chi connectivity index (χ0n) is 11.8. The van der Waals surface area contributed by atoms with Gasteiger partial charge in [-0.1, -0.05) is 18.5 Å². The molecule has 0 radical (unpaired) electrons. The molecule has 108 valence electrons. The highest BCUT2D eigenvalue weighted by atomic mass is 35.5. The summed E-state index contributed by atoms with van der Waals surface area (Å²) in [5.74, 6) is 5.16. The van der Waals surface area contributed by atoms with Gasteiger partial charge in [-0.2, -0.15) is 4.98 Å². The second-order valence-electron chi connectivity index (χ2n) is 6.47. The van der Waals surface area contributed by atoms with Crippen LogP contribution < -0.4 is 10.6 Å². The van der Waals surface area contributed by atoms with Crippen LogP contribution in [0.5, 0.6) is 0 Å². The van der Waals surface area contributed by atoms with E-state index in [0.29, 0.717) is 17.0 Å². The Bertz CT molecular complexity index is 505. The summed E-state index contributed by atoms with van der Waals surface area (Å²) in [5.41, 5.74) is 0. The number of aromatic nitrogens is 2. The summed E-state index contributed by atoms with van der Waals surface area (Å²) in [6, 6.07) is 0.604. The van der Waals surface area contributed by atoms with Gasteiger partial charge in [0.25, 0.3) is 0 Å². The summed E-state index contributed by atoms with van der Waals surface area (Å²) in [7, 11) is 0. The average Bonchev–Trinajstić information content (AvgIpc) is 2.84. The van der Waals surface area contributed by atoms with Crippen molar-refractivity contribution in [1.29, 1.82) is 0 Å². The van der Waals surface area contributed by atoms with Crippen LogP contribution in [0.25, 0.3) is 0 Å². The Balaban J connectivity index is 1.46. The van der Waals surface area contributed by atoms with Gasteiger partial charge in [-0.3, -0.25) is 0 Å². The Kier molecular flexibility index (Phi) is 3.02. The smallest absolute Gasteiger partial charge is 0.224 e. The average molecular weight is 293 g/mol. The molecule has 3 saturated carbocycles. The lowest BCUT2D eigenvalue weighted by Gasteiger charge is -2.13. The molecule has 3 aliphatic carbocycles. The topological polar surface area (TPSA) is 49.8 Å². The Hall–Kier alpha value is -1.03. The Labute approximate surface area is 124 Å². The van der Waals surface area contributed by atoms with E-state index in [-0.39, 0.29) is 0 Å². The fraction of sp³-hybridized carbons (Fsp3) is 0.733. The molecule has 4 rings (SSSR count). The van der Waals surface area contributed by atoms with E-state index in [1.807, 2.05) is 0 Å². The van der Waals surface area contributed by atoms with Gasteiger partial charge in [-0.15, -0.1) is 0 Å². The molecule has 0 saturated heterocycles. The molecule has 4 unspecified atom stereocenters. The van der Waals surface area contributed by atoms with E-state index in [0.717, 1.165) is 42.5 Å². The summed E-state index contributed by atoms with van der Waals surface area (Å²) >= 11 is 6.23. The normalized spacial score (nSPS) is 36.8. The van der Waals surface area contributed by atoms with E-state index < -0.39 is 0 Å². The van der Waals surface area contributed by atoms with Crippen LogP contribution in [-0.4, -0.2) is 22.6 Å². The molecule has 0 aromatic carbocycles. The molecule has 1 aromatic rings. The fourth-order valence-corrected chi connectivity index (χ4v) is 4.61. The molecule has 20 heavy (non-hydrogen) atoms. The number of nitrogens with one attached hydrogen (secondary N) is 2. The third-order valence-corrected chi connectivity index (χ3v) is 5.59. The van der Waals surface area contributed by atoms with Crippen LogP contribution in [0.4, 0.5) is 11.8 Å². The van der Waals surface area contributed by atoms with Crippen molar-refractivity contribution >= 4 is 23.4 Å². The van der Waals surface area contributed by atoms with Crippen LogP contribution in [0, 0.1) is 23.7 Å². The minimum absolute atomic E-state index is 0.604. The first-order chi connectivity index (χ1) is 9.78. The predicted molar refractivity (Wildman–Crippen MR) is 81.0 cm³/mol. The molecule has 2 N–H and O–H groups in total. The van der Waals surface area contributed by atoms with Crippen molar-refractivity contribution in [2.75, 3.05) is 17.2 Å². The van der Waals surface area contributed by atoms with E-state index in [4.69, 9.17) is 11.6 Å². The zero-order chi connectivity index (χ0) is 13.7. The Morgan fingerprint density at radius 2 is 2.05 bits per heavy atom. The lowest BCUT2D eigenvalue weighted by atomic mass is 10.0. The molecule has 4 atom stereocenters. The second-order valence-corrected chi connectivity index (χ2v) is 6.88. The van der Waals surface area contributed by atoms with Crippen LogP contribution in [-0.2, 0) is 0 Å². The van der Waals surface area contributed by atoms with Crippen LogP contribution in [0.2, 0.25) is 5.02 Å². The predicted octanol–water partition coefficient (Wildman–Crippen LogP) is 3.41. The number of hydrogen-bond acceptors (Lipinski definition) is 4. The molecule has 3 aliphatic rings. The molecule has 1 aromatic heterocycles. The molecule has 0 aliphatic heterocycles. The lowest BCUT2D eigenvalue weighted by molar-refractivity contribution is 0.456. The number of rotatable bonds is 5. The van der Waals surface area contributed by atoms with E-state index in [1.54, 1.807) is 6.20 Å². The number of hydrogen-bond donors (Lipinski definition) is 2. The summed E-state index contributed by atoms with van der Waals surface area (Å²) in [6.07, 6.45) is 7.09. The quantitative estimate of drug-likeness (QED) is 0.873. The van der Waals surface area contributed by atoms with Gasteiger partial charge < -0.3 is 10.6 Å². The van der Waals surface area contributed by atoms with Crippen LogP contribution in [0.15, 0.2) is 6.20 Å². The molecule has 0 amide bonds. The zero-order valence-corrected chi connectivity index (χ0v) is 12.5. The van der Waals surface area contributed by atoms with E-state index in [9.17, 15) is 0 Å². The summed E-state index contributed by atoms with van der Waals surface area (Å²) in [4.78, 5) is 8.75. The highest BCUT2D eigenvalue weighted by Crippen LogP contribution is 2.66. The van der Waals surface area contributed by atoms with Crippen molar-refractivity contribution in [1.82, 2.24) is 9.97 Å². The molecule has 5 heteroatoms. The molecule has 1 heterocycles. The standard InChI is InChI=1S/C15H21ClN4/c1-2-5-17-15-18-7-10(16)14(20-15)19-13-11-8-3-4-9(6-8)12(11)13/h7-9,11-13H,2-6H2,1H3,(H2,17,18,19,20). The van der Waals surface area contributed by atoms with Crippen molar-refractivity contribution < 1.29 is 0 Å². The Morgan fingerprint density at radius 3 is 2.75 bits per heavy atom. The first-order valence-electron chi connectivity index (χ1n) is 7.81. The largest absolute Gasteiger partial charge is 0.365 e. The van der Waals surface area contributed by atoms with Crippen LogP contribution >= 0.6 is 11.6 Å². The first kappa shape index (κ1) is 12.7. The third kappa shape index (κ3) is 1.96. The van der Waals surface area contributed by atoms with E-state index >= 15 is 0 Å². The maximum absolute atomic E-state index is 6.23. The van der Waals surface area contributed by atoms with E-state index in [1.165, 1.54) is 19.3 Å². The van der Waals surface area contributed by atoms with Crippen LogP contribution in [0.1, 0.15) is 32.6 Å². The molecule has 0 spiro atoms. The van der Waals surface area contributed by atoms with Crippen molar-refractivity contribution in [3.05, 3.63) is 11.2 Å². The van der Waals surface area contributed by atoms with Crippen molar-refractivity contribution in [2.45, 2.75) is 38.6 Å². The molecule has 3 fully saturated rings. The number of halogens is 1. The number of fused-ring (bicyclic) bond motifs is 5. The Morgan fingerprint density at radius 1 is 1.30 bits per heavy atom. The van der Waals surface area contributed by atoms with Gasteiger partial charge in [0.05, 0.1) is 6.20 Å². The van der Waals surface area contributed by atoms with Gasteiger partial charge in [0, 0.05) is 12.6 Å². The maximum Gasteiger partial charge on any atom is 0.224 e. The fourth-order valence-electron chi connectivity index (χ4n) is 4.47. The van der Waals surface area contributed by atoms with Crippen molar-refractivity contribution in [3.8, 4) is 0 Å². The first-order valence-corrected chi connectivity index (χ1v) is 8.18. The summed E-state index contributed by atoms with van der Waals surface area (Å²) in [6.45, 7) is 3.02. The summed E-state index contributed by atoms with van der Waals surface area (Å²) < 4.78 is 0. The highest BCUT2D eigenvalue weighted by Gasteiger charge is 2.65. The van der Waals surface area contributed by atoms with Gasteiger partial charge in [0.15, 0.2) is 5.82 Å². The number of anilines is 2. The monoisotopic (exact) mass is 292 g/mol. The second kappa shape index (κ2) is 4.76. The molecular weight excluding hydrogens is 272 g/mol. The maximum atomic E-state index is 6.23. The van der Waals surface area contributed by atoms with Gasteiger partial charge in [-0.05, 0) is 49.4 Å². The summed E-state index contributed by atoms with van der Waals surface area (Å²) in [5, 5.41) is 7.42. The molecule has 2 bridgehead atoms. The van der Waals surface area contributed by atoms with E-state index in [2.05, 4.69) is 27.5 Å². The van der Waals surface area contributed by atoms with Gasteiger partial charge in [0.2, 0.25) is 5.95 Å². The van der Waals surface area contributed by atoms with Gasteiger partial charge in [0.1, 0.15) is 5.02 Å². The third-order valence-electron chi connectivity index (χ3n) is 5.32. The SMILES string of the molecule is CCCNc1ncc(Cl)c(NC2C3C4CCC(C4)C23)n1. The number of nitrogens with zero attached hydrogens (tertiary/aromatic N) is 2. The van der Waals surface area contributed by atoms with Crippen molar-refractivity contribution in [3.63, 3.8) is 0 Å². The van der Waals surface area contributed by atoms with Crippen molar-refractivity contribution in [2.24, 2.45) is 23.7 Å². The minimum Gasteiger partial charge on any atom is -0.365 e. The van der Waals surface area contributed by atoms with Gasteiger partial charge >= 0.3 is 0 Å². The highest BCUT2D eigenvalue weighted by molar-refractivity contribution is 6.32.